The molecular formula is C23H25N3O3S. The van der Waals surface area contributed by atoms with Gasteiger partial charge < -0.3 is 10.1 Å². The van der Waals surface area contributed by atoms with Gasteiger partial charge in [-0.3, -0.25) is 9.59 Å². The van der Waals surface area contributed by atoms with Crippen molar-refractivity contribution in [2.75, 3.05) is 18.9 Å². The molecule has 1 heterocycles. The van der Waals surface area contributed by atoms with Crippen LogP contribution in [0, 0.1) is 6.92 Å². The summed E-state index contributed by atoms with van der Waals surface area (Å²) in [5, 5.41) is 7.02. The van der Waals surface area contributed by atoms with E-state index in [2.05, 4.69) is 41.6 Å². The number of carbonyl (C=O) groups is 1. The van der Waals surface area contributed by atoms with Crippen molar-refractivity contribution in [3.63, 3.8) is 0 Å². The average molecular weight is 424 g/mol. The minimum absolute atomic E-state index is 0.220. The van der Waals surface area contributed by atoms with E-state index < -0.39 is 0 Å². The summed E-state index contributed by atoms with van der Waals surface area (Å²) in [6.07, 6.45) is 0. The van der Waals surface area contributed by atoms with E-state index in [9.17, 15) is 9.59 Å². The molecule has 0 unspecified atom stereocenters. The molecule has 0 bridgehead atoms. The summed E-state index contributed by atoms with van der Waals surface area (Å²) in [5.74, 6) is 2.14. The Morgan fingerprint density at radius 1 is 1.07 bits per heavy atom. The molecule has 3 rings (SSSR count). The first kappa shape index (κ1) is 21.6. The standard InChI is InChI=1S/C23H25N3O3S/c1-18-7-9-19(10-8-18)17-30-16-13-24-23(28)21-11-12-22(27)26(25-21)14-15-29-20-5-3-2-4-6-20/h2-12H,13-17H2,1H3,(H,24,28). The van der Waals surface area contributed by atoms with Crippen molar-refractivity contribution in [1.82, 2.24) is 15.1 Å². The Bertz CT molecular complexity index is 1000. The van der Waals surface area contributed by atoms with Crippen LogP contribution in [0.4, 0.5) is 0 Å². The zero-order valence-electron chi connectivity index (χ0n) is 16.9. The molecule has 1 amide bonds. The van der Waals surface area contributed by atoms with Crippen LogP contribution in [0.2, 0.25) is 0 Å². The topological polar surface area (TPSA) is 73.2 Å². The van der Waals surface area contributed by atoms with Crippen molar-refractivity contribution in [2.24, 2.45) is 0 Å². The lowest BCUT2D eigenvalue weighted by Gasteiger charge is -2.09. The van der Waals surface area contributed by atoms with Crippen LogP contribution in [0.25, 0.3) is 0 Å². The van der Waals surface area contributed by atoms with Crippen LogP contribution in [0.5, 0.6) is 5.75 Å². The van der Waals surface area contributed by atoms with Crippen LogP contribution in [0.15, 0.2) is 71.5 Å². The van der Waals surface area contributed by atoms with Crippen LogP contribution >= 0.6 is 11.8 Å². The maximum Gasteiger partial charge on any atom is 0.271 e. The average Bonchev–Trinajstić information content (AvgIpc) is 2.76. The number of hydrogen-bond acceptors (Lipinski definition) is 5. The van der Waals surface area contributed by atoms with E-state index in [-0.39, 0.29) is 30.3 Å². The molecular weight excluding hydrogens is 398 g/mol. The first-order valence-electron chi connectivity index (χ1n) is 9.79. The van der Waals surface area contributed by atoms with Crippen molar-refractivity contribution in [3.8, 4) is 5.75 Å². The zero-order chi connectivity index (χ0) is 21.2. The molecule has 0 spiro atoms. The molecule has 6 nitrogen and oxygen atoms in total. The summed E-state index contributed by atoms with van der Waals surface area (Å²) in [4.78, 5) is 24.3. The molecule has 156 valence electrons. The summed E-state index contributed by atoms with van der Waals surface area (Å²) >= 11 is 1.76. The first-order valence-corrected chi connectivity index (χ1v) is 10.9. The van der Waals surface area contributed by atoms with Crippen LogP contribution in [-0.4, -0.2) is 34.6 Å². The third-order valence-corrected chi connectivity index (χ3v) is 5.37. The normalized spacial score (nSPS) is 10.6. The van der Waals surface area contributed by atoms with Gasteiger partial charge in [-0.25, -0.2) is 4.68 Å². The fourth-order valence-corrected chi connectivity index (χ4v) is 3.52. The van der Waals surface area contributed by atoms with Gasteiger partial charge in [0.05, 0.1) is 6.54 Å². The lowest BCUT2D eigenvalue weighted by Crippen LogP contribution is -2.31. The lowest BCUT2D eigenvalue weighted by molar-refractivity contribution is 0.0948. The molecule has 1 N–H and O–H groups in total. The summed E-state index contributed by atoms with van der Waals surface area (Å²) < 4.78 is 6.85. The molecule has 0 aliphatic rings. The predicted molar refractivity (Wildman–Crippen MR) is 120 cm³/mol. The van der Waals surface area contributed by atoms with Gasteiger partial charge in [0, 0.05) is 24.1 Å². The number of nitrogens with zero attached hydrogens (tertiary/aromatic N) is 2. The SMILES string of the molecule is Cc1ccc(CSCCNC(=O)c2ccc(=O)n(CCOc3ccccc3)n2)cc1. The van der Waals surface area contributed by atoms with Gasteiger partial charge in [-0.15, -0.1) is 0 Å². The van der Waals surface area contributed by atoms with Crippen molar-refractivity contribution in [3.05, 3.63) is 93.9 Å². The van der Waals surface area contributed by atoms with E-state index in [1.807, 2.05) is 30.3 Å². The highest BCUT2D eigenvalue weighted by atomic mass is 32.2. The Kier molecular flexibility index (Phi) is 8.09. The number of amides is 1. The van der Waals surface area contributed by atoms with Crippen LogP contribution < -0.4 is 15.6 Å². The number of thioether (sulfide) groups is 1. The number of hydrogen-bond donors (Lipinski definition) is 1. The number of carbonyl (C=O) groups excluding carboxylic acids is 1. The quantitative estimate of drug-likeness (QED) is 0.507. The molecule has 0 radical (unpaired) electrons. The van der Waals surface area contributed by atoms with Crippen LogP contribution in [0.1, 0.15) is 21.6 Å². The first-order chi connectivity index (χ1) is 14.6. The van der Waals surface area contributed by atoms with Gasteiger partial charge in [0.15, 0.2) is 0 Å². The van der Waals surface area contributed by atoms with Crippen LogP contribution in [-0.2, 0) is 12.3 Å². The van der Waals surface area contributed by atoms with Crippen molar-refractivity contribution in [1.29, 1.82) is 0 Å². The van der Waals surface area contributed by atoms with E-state index in [0.717, 1.165) is 17.3 Å². The fraction of sp³-hybridized carbons (Fsp3) is 0.261. The number of rotatable bonds is 10. The molecule has 1 aromatic heterocycles. The number of ether oxygens (including phenoxy) is 1. The lowest BCUT2D eigenvalue weighted by atomic mass is 10.2. The number of benzene rings is 2. The molecule has 0 saturated heterocycles. The Hall–Kier alpha value is -3.06. The zero-order valence-corrected chi connectivity index (χ0v) is 17.7. The van der Waals surface area contributed by atoms with E-state index in [4.69, 9.17) is 4.74 Å². The van der Waals surface area contributed by atoms with Crippen molar-refractivity contribution in [2.45, 2.75) is 19.2 Å². The van der Waals surface area contributed by atoms with E-state index in [1.54, 1.807) is 11.8 Å². The van der Waals surface area contributed by atoms with Gasteiger partial charge in [0.1, 0.15) is 18.1 Å². The molecule has 0 fully saturated rings. The molecule has 0 saturated carbocycles. The minimum atomic E-state index is -0.288. The largest absolute Gasteiger partial charge is 0.492 e. The molecule has 0 atom stereocenters. The Morgan fingerprint density at radius 3 is 2.60 bits per heavy atom. The molecule has 7 heteroatoms. The smallest absolute Gasteiger partial charge is 0.271 e. The molecule has 3 aromatic rings. The van der Waals surface area contributed by atoms with E-state index in [0.29, 0.717) is 6.54 Å². The number of nitrogens with one attached hydrogen (secondary N) is 1. The third-order valence-electron chi connectivity index (χ3n) is 4.34. The van der Waals surface area contributed by atoms with E-state index >= 15 is 0 Å². The Balaban J connectivity index is 1.43. The summed E-state index contributed by atoms with van der Waals surface area (Å²) in [6, 6.07) is 20.6. The van der Waals surface area contributed by atoms with Gasteiger partial charge in [-0.2, -0.15) is 16.9 Å². The summed E-state index contributed by atoms with van der Waals surface area (Å²) in [5.41, 5.74) is 2.47. The third kappa shape index (κ3) is 6.77. The predicted octanol–water partition coefficient (Wildman–Crippen LogP) is 3.29. The second-order valence-corrected chi connectivity index (χ2v) is 7.84. The number of aromatic nitrogens is 2. The summed E-state index contributed by atoms with van der Waals surface area (Å²) in [6.45, 7) is 3.16. The Morgan fingerprint density at radius 2 is 1.83 bits per heavy atom. The molecule has 30 heavy (non-hydrogen) atoms. The maximum absolute atomic E-state index is 12.3. The fourth-order valence-electron chi connectivity index (χ4n) is 2.70. The highest BCUT2D eigenvalue weighted by molar-refractivity contribution is 7.98. The number of para-hydroxylation sites is 1. The number of aryl methyl sites for hydroxylation is 1. The van der Waals surface area contributed by atoms with Gasteiger partial charge in [0.25, 0.3) is 11.5 Å². The van der Waals surface area contributed by atoms with E-state index in [1.165, 1.54) is 27.9 Å². The second-order valence-electron chi connectivity index (χ2n) is 6.74. The minimum Gasteiger partial charge on any atom is -0.492 e. The maximum atomic E-state index is 12.3. The highest BCUT2D eigenvalue weighted by Crippen LogP contribution is 2.12. The monoisotopic (exact) mass is 423 g/mol. The van der Waals surface area contributed by atoms with Crippen molar-refractivity contribution < 1.29 is 9.53 Å². The molecule has 0 aliphatic heterocycles. The molecule has 2 aromatic carbocycles. The van der Waals surface area contributed by atoms with Gasteiger partial charge in [-0.05, 0) is 30.7 Å². The highest BCUT2D eigenvalue weighted by Gasteiger charge is 2.09. The van der Waals surface area contributed by atoms with Gasteiger partial charge in [-0.1, -0.05) is 48.0 Å². The van der Waals surface area contributed by atoms with Gasteiger partial charge in [0.2, 0.25) is 0 Å². The molecule has 0 aliphatic carbocycles. The van der Waals surface area contributed by atoms with Crippen molar-refractivity contribution >= 4 is 17.7 Å². The summed E-state index contributed by atoms with van der Waals surface area (Å²) in [7, 11) is 0. The Labute approximate surface area is 180 Å². The second kappa shape index (κ2) is 11.2. The van der Waals surface area contributed by atoms with Gasteiger partial charge >= 0.3 is 0 Å². The van der Waals surface area contributed by atoms with Crippen LogP contribution in [0.3, 0.4) is 0 Å².